The second-order valence-electron chi connectivity index (χ2n) is 2.20. The average molecular weight is 169 g/mol. The summed E-state index contributed by atoms with van der Waals surface area (Å²) in [5, 5.41) is 0. The van der Waals surface area contributed by atoms with Gasteiger partial charge in [-0.2, -0.15) is 0 Å². The third-order valence-electron chi connectivity index (χ3n) is 1.16. The Morgan fingerprint density at radius 1 is 1.42 bits per heavy atom. The molecule has 1 rings (SSSR count). The SMILES string of the molecule is CC(=O)ONc1ccc(F)cc1. The first kappa shape index (κ1) is 8.52. The number of hydrogen-bond donors (Lipinski definition) is 1. The lowest BCUT2D eigenvalue weighted by molar-refractivity contribution is -0.138. The standard InChI is InChI=1S/C8H8FNO2/c1-6(11)12-10-8-4-2-7(9)3-5-8/h2-5,10H,1H3. The minimum atomic E-state index is -0.445. The van der Waals surface area contributed by atoms with E-state index in [1.54, 1.807) is 0 Å². The van der Waals surface area contributed by atoms with Crippen LogP contribution in [0.3, 0.4) is 0 Å². The van der Waals surface area contributed by atoms with Crippen LogP contribution in [-0.2, 0) is 9.63 Å². The van der Waals surface area contributed by atoms with Crippen LogP contribution >= 0.6 is 0 Å². The minimum absolute atomic E-state index is 0.330. The molecule has 0 aliphatic rings. The number of carbonyl (C=O) groups is 1. The predicted molar refractivity (Wildman–Crippen MR) is 41.8 cm³/mol. The molecule has 0 aliphatic carbocycles. The molecular weight excluding hydrogens is 161 g/mol. The number of halogens is 1. The molecule has 0 unspecified atom stereocenters. The third-order valence-corrected chi connectivity index (χ3v) is 1.16. The first-order valence-electron chi connectivity index (χ1n) is 3.37. The highest BCUT2D eigenvalue weighted by molar-refractivity contribution is 5.67. The number of rotatable bonds is 2. The maximum Gasteiger partial charge on any atom is 0.329 e. The maximum absolute atomic E-state index is 12.3. The van der Waals surface area contributed by atoms with Crippen LogP contribution in [0.1, 0.15) is 6.92 Å². The van der Waals surface area contributed by atoms with Crippen LogP contribution in [0, 0.1) is 5.82 Å². The number of carbonyl (C=O) groups excluding carboxylic acids is 1. The van der Waals surface area contributed by atoms with Gasteiger partial charge in [-0.05, 0) is 24.3 Å². The van der Waals surface area contributed by atoms with Crippen molar-refractivity contribution in [2.75, 3.05) is 5.48 Å². The number of anilines is 1. The van der Waals surface area contributed by atoms with E-state index in [2.05, 4.69) is 10.3 Å². The summed E-state index contributed by atoms with van der Waals surface area (Å²) in [7, 11) is 0. The average Bonchev–Trinajstić information content (AvgIpc) is 2.03. The third kappa shape index (κ3) is 2.57. The minimum Gasteiger partial charge on any atom is -0.344 e. The van der Waals surface area contributed by atoms with E-state index in [-0.39, 0.29) is 5.82 Å². The Kier molecular flexibility index (Phi) is 2.63. The van der Waals surface area contributed by atoms with Crippen LogP contribution in [0.15, 0.2) is 24.3 Å². The lowest BCUT2D eigenvalue weighted by Crippen LogP contribution is -2.05. The fraction of sp³-hybridized carbons (Fsp3) is 0.125. The van der Waals surface area contributed by atoms with Gasteiger partial charge in [0.2, 0.25) is 0 Å². The quantitative estimate of drug-likeness (QED) is 0.685. The van der Waals surface area contributed by atoms with Crippen molar-refractivity contribution in [3.8, 4) is 0 Å². The van der Waals surface area contributed by atoms with Gasteiger partial charge >= 0.3 is 5.97 Å². The molecule has 0 saturated heterocycles. The van der Waals surface area contributed by atoms with Crippen LogP contribution in [-0.4, -0.2) is 5.97 Å². The zero-order valence-corrected chi connectivity index (χ0v) is 6.50. The molecule has 0 aromatic heterocycles. The van der Waals surface area contributed by atoms with E-state index < -0.39 is 5.97 Å². The summed E-state index contributed by atoms with van der Waals surface area (Å²) in [6, 6.07) is 5.48. The van der Waals surface area contributed by atoms with Gasteiger partial charge in [-0.15, -0.1) is 0 Å². The van der Waals surface area contributed by atoms with Crippen LogP contribution in [0.25, 0.3) is 0 Å². The summed E-state index contributed by atoms with van der Waals surface area (Å²) < 4.78 is 12.3. The Bertz CT molecular complexity index is 271. The molecule has 0 aliphatic heterocycles. The van der Waals surface area contributed by atoms with E-state index in [0.29, 0.717) is 5.69 Å². The Hall–Kier alpha value is -1.58. The maximum atomic E-state index is 12.3. The molecule has 3 nitrogen and oxygen atoms in total. The fourth-order valence-electron chi connectivity index (χ4n) is 0.649. The molecule has 1 aromatic carbocycles. The first-order valence-corrected chi connectivity index (χ1v) is 3.37. The van der Waals surface area contributed by atoms with E-state index in [0.717, 1.165) is 0 Å². The molecule has 0 bridgehead atoms. The van der Waals surface area contributed by atoms with Crippen molar-refractivity contribution in [2.45, 2.75) is 6.92 Å². The number of hydrogen-bond acceptors (Lipinski definition) is 3. The highest BCUT2D eigenvalue weighted by atomic mass is 19.1. The zero-order chi connectivity index (χ0) is 8.97. The summed E-state index contributed by atoms with van der Waals surface area (Å²) in [6.45, 7) is 1.27. The monoisotopic (exact) mass is 169 g/mol. The highest BCUT2D eigenvalue weighted by Gasteiger charge is 1.94. The van der Waals surface area contributed by atoms with Crippen molar-refractivity contribution in [1.82, 2.24) is 0 Å². The van der Waals surface area contributed by atoms with Gasteiger partial charge in [-0.25, -0.2) is 9.87 Å². The van der Waals surface area contributed by atoms with Gasteiger partial charge in [0, 0.05) is 6.92 Å². The van der Waals surface area contributed by atoms with Crippen molar-refractivity contribution in [3.05, 3.63) is 30.1 Å². The molecular formula is C8H8FNO2. The van der Waals surface area contributed by atoms with Crippen LogP contribution in [0.5, 0.6) is 0 Å². The molecule has 1 N–H and O–H groups in total. The molecule has 0 heterocycles. The summed E-state index contributed by atoms with van der Waals surface area (Å²) in [5.74, 6) is -0.775. The summed E-state index contributed by atoms with van der Waals surface area (Å²) in [6.07, 6.45) is 0. The largest absolute Gasteiger partial charge is 0.344 e. The van der Waals surface area contributed by atoms with Crippen LogP contribution in [0.2, 0.25) is 0 Å². The molecule has 0 saturated carbocycles. The van der Waals surface area contributed by atoms with Gasteiger partial charge in [0.05, 0.1) is 5.69 Å². The second-order valence-corrected chi connectivity index (χ2v) is 2.20. The van der Waals surface area contributed by atoms with Gasteiger partial charge in [-0.1, -0.05) is 0 Å². The molecule has 0 fully saturated rings. The Balaban J connectivity index is 2.53. The van der Waals surface area contributed by atoms with Gasteiger partial charge in [-0.3, -0.25) is 4.79 Å². The number of benzene rings is 1. The van der Waals surface area contributed by atoms with Crippen LogP contribution < -0.4 is 5.48 Å². The molecule has 4 heteroatoms. The van der Waals surface area contributed by atoms with E-state index in [1.807, 2.05) is 0 Å². The highest BCUT2D eigenvalue weighted by Crippen LogP contribution is 2.07. The Morgan fingerprint density at radius 3 is 2.50 bits per heavy atom. The van der Waals surface area contributed by atoms with Crippen molar-refractivity contribution in [3.63, 3.8) is 0 Å². The van der Waals surface area contributed by atoms with Crippen molar-refractivity contribution in [1.29, 1.82) is 0 Å². The Morgan fingerprint density at radius 2 is 2.00 bits per heavy atom. The number of nitrogens with one attached hydrogen (secondary N) is 1. The zero-order valence-electron chi connectivity index (χ0n) is 6.50. The molecule has 0 spiro atoms. The first-order chi connectivity index (χ1) is 5.68. The Labute approximate surface area is 69.1 Å². The molecule has 1 aromatic rings. The molecule has 0 radical (unpaired) electrons. The molecule has 64 valence electrons. The predicted octanol–water partition coefficient (Wildman–Crippen LogP) is 1.72. The summed E-state index contributed by atoms with van der Waals surface area (Å²) in [4.78, 5) is 14.8. The van der Waals surface area contributed by atoms with Gasteiger partial charge in [0.1, 0.15) is 5.82 Å². The second kappa shape index (κ2) is 3.71. The van der Waals surface area contributed by atoms with Gasteiger partial charge in [0.25, 0.3) is 0 Å². The van der Waals surface area contributed by atoms with Crippen LogP contribution in [0.4, 0.5) is 10.1 Å². The van der Waals surface area contributed by atoms with E-state index in [4.69, 9.17) is 0 Å². The molecule has 0 amide bonds. The van der Waals surface area contributed by atoms with Gasteiger partial charge in [0.15, 0.2) is 0 Å². The summed E-state index contributed by atoms with van der Waals surface area (Å²) in [5.41, 5.74) is 2.89. The van der Waals surface area contributed by atoms with E-state index in [9.17, 15) is 9.18 Å². The van der Waals surface area contributed by atoms with Crippen molar-refractivity contribution in [2.24, 2.45) is 0 Å². The van der Waals surface area contributed by atoms with Gasteiger partial charge < -0.3 is 4.84 Å². The normalized spacial score (nSPS) is 9.17. The van der Waals surface area contributed by atoms with Crippen molar-refractivity contribution >= 4 is 11.7 Å². The lowest BCUT2D eigenvalue weighted by Gasteiger charge is -2.03. The molecule has 0 atom stereocenters. The van der Waals surface area contributed by atoms with Crippen molar-refractivity contribution < 1.29 is 14.0 Å². The van der Waals surface area contributed by atoms with E-state index >= 15 is 0 Å². The summed E-state index contributed by atoms with van der Waals surface area (Å²) >= 11 is 0. The lowest BCUT2D eigenvalue weighted by atomic mass is 10.3. The fourth-order valence-corrected chi connectivity index (χ4v) is 0.649. The smallest absolute Gasteiger partial charge is 0.329 e. The topological polar surface area (TPSA) is 38.3 Å². The molecule has 12 heavy (non-hydrogen) atoms. The van der Waals surface area contributed by atoms with E-state index in [1.165, 1.54) is 31.2 Å².